The topological polar surface area (TPSA) is 87.3 Å². The first-order valence-corrected chi connectivity index (χ1v) is 9.29. The molecule has 0 spiro atoms. The standard InChI is InChI=1S/C15H25N3O3S/c1-2-3-4-5-6-9-12-22(20,21)18-15-11-8-7-10-14(15)17-16-13-19/h7-8,10-11,13,17-18H,2-6,9,12H2,1H3,(H,16,19). The molecule has 0 radical (unpaired) electrons. The van der Waals surface area contributed by atoms with E-state index in [1.807, 2.05) is 0 Å². The van der Waals surface area contributed by atoms with Crippen LogP contribution in [0.1, 0.15) is 45.4 Å². The minimum absolute atomic E-state index is 0.106. The molecule has 6 nitrogen and oxygen atoms in total. The van der Waals surface area contributed by atoms with Gasteiger partial charge in [-0.05, 0) is 18.6 Å². The molecule has 0 saturated carbocycles. The Bertz CT molecular complexity index is 547. The summed E-state index contributed by atoms with van der Waals surface area (Å²) in [6, 6.07) is 6.81. The first kappa shape index (κ1) is 18.3. The molecule has 1 amide bonds. The fourth-order valence-corrected chi connectivity index (χ4v) is 3.28. The largest absolute Gasteiger partial charge is 0.297 e. The van der Waals surface area contributed by atoms with E-state index in [2.05, 4.69) is 22.5 Å². The maximum absolute atomic E-state index is 12.1. The van der Waals surface area contributed by atoms with E-state index in [0.29, 0.717) is 24.2 Å². The summed E-state index contributed by atoms with van der Waals surface area (Å²) in [6.07, 6.45) is 6.68. The molecule has 0 saturated heterocycles. The molecule has 0 atom stereocenters. The van der Waals surface area contributed by atoms with Crippen molar-refractivity contribution >= 4 is 27.8 Å². The fourth-order valence-electron chi connectivity index (χ4n) is 2.08. The normalized spacial score (nSPS) is 11.0. The molecule has 0 aliphatic heterocycles. The van der Waals surface area contributed by atoms with Gasteiger partial charge in [-0.2, -0.15) is 0 Å². The fraction of sp³-hybridized carbons (Fsp3) is 0.533. The molecule has 0 unspecified atom stereocenters. The van der Waals surface area contributed by atoms with Gasteiger partial charge in [-0.1, -0.05) is 51.2 Å². The van der Waals surface area contributed by atoms with Crippen LogP contribution in [0.2, 0.25) is 0 Å². The summed E-state index contributed by atoms with van der Waals surface area (Å²) < 4.78 is 26.7. The van der Waals surface area contributed by atoms with Gasteiger partial charge in [0, 0.05) is 0 Å². The second-order valence-electron chi connectivity index (χ2n) is 5.12. The highest BCUT2D eigenvalue weighted by atomic mass is 32.2. The number of carbonyl (C=O) groups excluding carboxylic acids is 1. The third kappa shape index (κ3) is 7.31. The van der Waals surface area contributed by atoms with Gasteiger partial charge < -0.3 is 0 Å². The lowest BCUT2D eigenvalue weighted by Gasteiger charge is -2.13. The van der Waals surface area contributed by atoms with E-state index in [1.165, 1.54) is 12.8 Å². The Morgan fingerprint density at radius 1 is 1.00 bits per heavy atom. The van der Waals surface area contributed by atoms with Crippen molar-refractivity contribution in [3.63, 3.8) is 0 Å². The lowest BCUT2D eigenvalue weighted by molar-refractivity contribution is -0.109. The van der Waals surface area contributed by atoms with Gasteiger partial charge in [0.2, 0.25) is 16.4 Å². The van der Waals surface area contributed by atoms with Gasteiger partial charge in [-0.3, -0.25) is 20.4 Å². The number of hydrazine groups is 1. The number of benzene rings is 1. The van der Waals surface area contributed by atoms with Crippen molar-refractivity contribution in [2.75, 3.05) is 15.9 Å². The Hall–Kier alpha value is -1.76. The van der Waals surface area contributed by atoms with Crippen molar-refractivity contribution in [2.24, 2.45) is 0 Å². The van der Waals surface area contributed by atoms with E-state index in [4.69, 9.17) is 0 Å². The molecule has 0 heterocycles. The SMILES string of the molecule is CCCCCCCCS(=O)(=O)Nc1ccccc1NNC=O. The molecule has 0 aliphatic rings. The van der Waals surface area contributed by atoms with Crippen molar-refractivity contribution in [3.8, 4) is 0 Å². The molecule has 0 fully saturated rings. The van der Waals surface area contributed by atoms with Crippen LogP contribution in [-0.4, -0.2) is 20.6 Å². The van der Waals surface area contributed by atoms with E-state index < -0.39 is 10.0 Å². The maximum Gasteiger partial charge on any atom is 0.232 e. The summed E-state index contributed by atoms with van der Waals surface area (Å²) in [5.74, 6) is 0.106. The first-order chi connectivity index (χ1) is 10.6. The van der Waals surface area contributed by atoms with Crippen molar-refractivity contribution in [2.45, 2.75) is 45.4 Å². The van der Waals surface area contributed by atoms with Crippen LogP contribution in [0.4, 0.5) is 11.4 Å². The van der Waals surface area contributed by atoms with E-state index in [0.717, 1.165) is 19.3 Å². The van der Waals surface area contributed by atoms with E-state index in [-0.39, 0.29) is 5.75 Å². The minimum Gasteiger partial charge on any atom is -0.297 e. The van der Waals surface area contributed by atoms with Crippen molar-refractivity contribution < 1.29 is 13.2 Å². The summed E-state index contributed by atoms with van der Waals surface area (Å²) >= 11 is 0. The summed E-state index contributed by atoms with van der Waals surface area (Å²) in [5.41, 5.74) is 5.85. The minimum atomic E-state index is -3.38. The molecule has 1 aromatic rings. The number of carbonyl (C=O) groups is 1. The van der Waals surface area contributed by atoms with Crippen molar-refractivity contribution in [1.82, 2.24) is 5.43 Å². The maximum atomic E-state index is 12.1. The van der Waals surface area contributed by atoms with Gasteiger partial charge in [0.25, 0.3) is 0 Å². The number of rotatable bonds is 12. The highest BCUT2D eigenvalue weighted by Gasteiger charge is 2.12. The van der Waals surface area contributed by atoms with Crippen LogP contribution in [0, 0.1) is 0 Å². The molecule has 0 aromatic heterocycles. The van der Waals surface area contributed by atoms with E-state index in [1.54, 1.807) is 24.3 Å². The summed E-state index contributed by atoms with van der Waals surface area (Å²) in [6.45, 7) is 2.15. The van der Waals surface area contributed by atoms with Crippen LogP contribution in [0.15, 0.2) is 24.3 Å². The van der Waals surface area contributed by atoms with Gasteiger partial charge in [0.1, 0.15) is 0 Å². The number of hydrogen-bond donors (Lipinski definition) is 3. The molecule has 1 rings (SSSR count). The Morgan fingerprint density at radius 3 is 2.32 bits per heavy atom. The van der Waals surface area contributed by atoms with Gasteiger partial charge in [-0.15, -0.1) is 0 Å². The molecule has 0 aliphatic carbocycles. The predicted molar refractivity (Wildman–Crippen MR) is 90.0 cm³/mol. The Labute approximate surface area is 132 Å². The summed E-state index contributed by atoms with van der Waals surface area (Å²) in [5, 5.41) is 0. The molecular weight excluding hydrogens is 302 g/mol. The van der Waals surface area contributed by atoms with Crippen LogP contribution in [0.25, 0.3) is 0 Å². The smallest absolute Gasteiger partial charge is 0.232 e. The van der Waals surface area contributed by atoms with Crippen LogP contribution < -0.4 is 15.6 Å². The highest BCUT2D eigenvalue weighted by molar-refractivity contribution is 7.92. The molecule has 7 heteroatoms. The summed E-state index contributed by atoms with van der Waals surface area (Å²) in [4.78, 5) is 10.3. The van der Waals surface area contributed by atoms with Crippen LogP contribution in [0.5, 0.6) is 0 Å². The highest BCUT2D eigenvalue weighted by Crippen LogP contribution is 2.21. The number of unbranched alkanes of at least 4 members (excludes halogenated alkanes) is 5. The van der Waals surface area contributed by atoms with E-state index >= 15 is 0 Å². The van der Waals surface area contributed by atoms with Gasteiger partial charge in [0.15, 0.2) is 0 Å². The van der Waals surface area contributed by atoms with Crippen molar-refractivity contribution in [1.29, 1.82) is 0 Å². The Kier molecular flexibility index (Phi) is 8.35. The third-order valence-electron chi connectivity index (χ3n) is 3.22. The monoisotopic (exact) mass is 327 g/mol. The second kappa shape index (κ2) is 10.0. The predicted octanol–water partition coefficient (Wildman–Crippen LogP) is 2.86. The van der Waals surface area contributed by atoms with Crippen molar-refractivity contribution in [3.05, 3.63) is 24.3 Å². The zero-order valence-electron chi connectivity index (χ0n) is 13.0. The quantitative estimate of drug-likeness (QED) is 0.313. The molecule has 22 heavy (non-hydrogen) atoms. The van der Waals surface area contributed by atoms with Crippen LogP contribution >= 0.6 is 0 Å². The van der Waals surface area contributed by atoms with Gasteiger partial charge >= 0.3 is 0 Å². The first-order valence-electron chi connectivity index (χ1n) is 7.63. The second-order valence-corrected chi connectivity index (χ2v) is 6.96. The molecule has 3 N–H and O–H groups in total. The number of amides is 1. The lowest BCUT2D eigenvalue weighted by atomic mass is 10.1. The number of anilines is 2. The molecular formula is C15H25N3O3S. The van der Waals surface area contributed by atoms with Crippen LogP contribution in [0.3, 0.4) is 0 Å². The average Bonchev–Trinajstić information content (AvgIpc) is 2.49. The number of nitrogens with one attached hydrogen (secondary N) is 3. The summed E-state index contributed by atoms with van der Waals surface area (Å²) in [7, 11) is -3.38. The molecule has 124 valence electrons. The van der Waals surface area contributed by atoms with Gasteiger partial charge in [-0.25, -0.2) is 8.42 Å². The number of para-hydroxylation sites is 2. The van der Waals surface area contributed by atoms with E-state index in [9.17, 15) is 13.2 Å². The zero-order chi connectivity index (χ0) is 16.3. The van der Waals surface area contributed by atoms with Gasteiger partial charge in [0.05, 0.1) is 17.1 Å². The molecule has 0 bridgehead atoms. The Morgan fingerprint density at radius 2 is 1.64 bits per heavy atom. The third-order valence-corrected chi connectivity index (χ3v) is 4.58. The van der Waals surface area contributed by atoms with Crippen LogP contribution in [-0.2, 0) is 14.8 Å². The average molecular weight is 327 g/mol. The molecule has 1 aromatic carbocycles. The number of sulfonamides is 1. The lowest BCUT2D eigenvalue weighted by Crippen LogP contribution is -2.22. The zero-order valence-corrected chi connectivity index (χ0v) is 13.8. The Balaban J connectivity index is 2.48. The number of hydrogen-bond acceptors (Lipinski definition) is 4.